The molecule has 13 heavy (non-hydrogen) atoms. The van der Waals surface area contributed by atoms with Crippen LogP contribution in [0.3, 0.4) is 0 Å². The van der Waals surface area contributed by atoms with Gasteiger partial charge in [-0.2, -0.15) is 0 Å². The Morgan fingerprint density at radius 3 is 2.85 bits per heavy atom. The molecule has 2 fully saturated rings. The van der Waals surface area contributed by atoms with E-state index in [-0.39, 0.29) is 0 Å². The van der Waals surface area contributed by atoms with Crippen molar-refractivity contribution in [1.82, 2.24) is 10.6 Å². The third kappa shape index (κ3) is 1.77. The Kier molecular flexibility index (Phi) is 2.15. The van der Waals surface area contributed by atoms with Crippen molar-refractivity contribution in [3.8, 4) is 0 Å². The van der Waals surface area contributed by atoms with Gasteiger partial charge in [0, 0.05) is 6.54 Å². The fourth-order valence-corrected chi connectivity index (χ4v) is 2.47. The molecule has 1 amide bonds. The minimum Gasteiger partial charge on any atom is -0.465 e. The maximum atomic E-state index is 10.3. The fraction of sp³-hybridized carbons (Fsp3) is 0.889. The topological polar surface area (TPSA) is 61.4 Å². The highest BCUT2D eigenvalue weighted by molar-refractivity contribution is 5.64. The lowest BCUT2D eigenvalue weighted by molar-refractivity contribution is 0.192. The third-order valence-corrected chi connectivity index (χ3v) is 3.46. The van der Waals surface area contributed by atoms with Crippen LogP contribution in [0.5, 0.6) is 0 Å². The summed E-state index contributed by atoms with van der Waals surface area (Å²) in [6.45, 7) is 2.85. The van der Waals surface area contributed by atoms with Crippen LogP contribution in [0.25, 0.3) is 0 Å². The van der Waals surface area contributed by atoms with Gasteiger partial charge in [-0.25, -0.2) is 4.79 Å². The summed E-state index contributed by atoms with van der Waals surface area (Å²) in [4.78, 5) is 10.3. The second-order valence-electron chi connectivity index (χ2n) is 4.20. The highest BCUT2D eigenvalue weighted by Gasteiger charge is 2.53. The van der Waals surface area contributed by atoms with Crippen LogP contribution in [0.1, 0.15) is 19.3 Å². The Morgan fingerprint density at radius 1 is 1.54 bits per heavy atom. The summed E-state index contributed by atoms with van der Waals surface area (Å²) >= 11 is 0. The third-order valence-electron chi connectivity index (χ3n) is 3.46. The molecule has 0 aromatic heterocycles. The van der Waals surface area contributed by atoms with E-state index in [0.29, 0.717) is 17.9 Å². The molecule has 3 N–H and O–H groups in total. The Labute approximate surface area is 77.7 Å². The van der Waals surface area contributed by atoms with Crippen LogP contribution in [0, 0.1) is 11.3 Å². The van der Waals surface area contributed by atoms with Gasteiger partial charge in [0.25, 0.3) is 0 Å². The van der Waals surface area contributed by atoms with Crippen LogP contribution in [0.2, 0.25) is 0 Å². The molecule has 1 aliphatic carbocycles. The molecule has 1 saturated carbocycles. The van der Waals surface area contributed by atoms with Gasteiger partial charge in [-0.15, -0.1) is 0 Å². The molecule has 2 aliphatic rings. The van der Waals surface area contributed by atoms with Crippen LogP contribution in [0.15, 0.2) is 0 Å². The normalized spacial score (nSPS) is 30.0. The summed E-state index contributed by atoms with van der Waals surface area (Å²) in [7, 11) is 0. The molecule has 1 saturated heterocycles. The molecule has 1 unspecified atom stereocenters. The number of hydrogen-bond acceptors (Lipinski definition) is 2. The lowest BCUT2D eigenvalue weighted by Crippen LogP contribution is -2.32. The van der Waals surface area contributed by atoms with Crippen molar-refractivity contribution >= 4 is 6.09 Å². The maximum Gasteiger partial charge on any atom is 0.404 e. The average molecular weight is 184 g/mol. The second kappa shape index (κ2) is 3.18. The van der Waals surface area contributed by atoms with Gasteiger partial charge < -0.3 is 15.7 Å². The van der Waals surface area contributed by atoms with Crippen LogP contribution in [0.4, 0.5) is 4.79 Å². The lowest BCUT2D eigenvalue weighted by Gasteiger charge is -2.23. The van der Waals surface area contributed by atoms with Crippen LogP contribution < -0.4 is 10.6 Å². The predicted octanol–water partition coefficient (Wildman–Crippen LogP) is 0.644. The zero-order valence-electron chi connectivity index (χ0n) is 7.68. The van der Waals surface area contributed by atoms with Crippen molar-refractivity contribution < 1.29 is 9.90 Å². The number of carbonyl (C=O) groups is 1. The van der Waals surface area contributed by atoms with Gasteiger partial charge in [-0.3, -0.25) is 0 Å². The van der Waals surface area contributed by atoms with Gasteiger partial charge in [-0.1, -0.05) is 0 Å². The zero-order chi connectivity index (χ0) is 9.31. The Hall–Kier alpha value is -0.770. The minimum absolute atomic E-state index is 0.494. The highest BCUT2D eigenvalue weighted by atomic mass is 16.4. The first kappa shape index (κ1) is 8.81. The van der Waals surface area contributed by atoms with Gasteiger partial charge in [-0.05, 0) is 43.7 Å². The fourth-order valence-electron chi connectivity index (χ4n) is 2.47. The predicted molar refractivity (Wildman–Crippen MR) is 48.7 cm³/mol. The molecule has 4 nitrogen and oxygen atoms in total. The summed E-state index contributed by atoms with van der Waals surface area (Å²) in [6.07, 6.45) is 2.77. The number of carboxylic acid groups (broad SMARTS) is 1. The summed E-state index contributed by atoms with van der Waals surface area (Å²) in [5, 5.41) is 14.3. The Balaban J connectivity index is 1.76. The molecule has 1 heterocycles. The molecule has 1 spiro atoms. The highest BCUT2D eigenvalue weighted by Crippen LogP contribution is 2.58. The van der Waals surface area contributed by atoms with E-state index in [9.17, 15) is 4.79 Å². The zero-order valence-corrected chi connectivity index (χ0v) is 7.68. The van der Waals surface area contributed by atoms with Crippen LogP contribution >= 0.6 is 0 Å². The first-order valence-electron chi connectivity index (χ1n) is 4.90. The van der Waals surface area contributed by atoms with Crippen molar-refractivity contribution in [3.05, 3.63) is 0 Å². The standard InChI is InChI=1S/C9H16N2O2/c12-8(13)11-6-7-5-9(7)1-3-10-4-2-9/h7,10-11H,1-6H2,(H,12,13). The molecular formula is C9H16N2O2. The molecular weight excluding hydrogens is 168 g/mol. The smallest absolute Gasteiger partial charge is 0.404 e. The van der Waals surface area contributed by atoms with E-state index in [4.69, 9.17) is 5.11 Å². The Bertz CT molecular complexity index is 212. The van der Waals surface area contributed by atoms with Crippen molar-refractivity contribution in [3.63, 3.8) is 0 Å². The number of nitrogens with one attached hydrogen (secondary N) is 2. The SMILES string of the molecule is O=C(O)NCC1CC12CCNCC2. The number of rotatable bonds is 2. The molecule has 4 heteroatoms. The number of piperidine rings is 1. The molecule has 0 aromatic carbocycles. The lowest BCUT2D eigenvalue weighted by atomic mass is 9.92. The summed E-state index contributed by atoms with van der Waals surface area (Å²) in [5.74, 6) is 0.602. The largest absolute Gasteiger partial charge is 0.465 e. The van der Waals surface area contributed by atoms with Crippen molar-refractivity contribution in [2.75, 3.05) is 19.6 Å². The van der Waals surface area contributed by atoms with E-state index in [1.54, 1.807) is 0 Å². The second-order valence-corrected chi connectivity index (χ2v) is 4.20. The minimum atomic E-state index is -0.893. The Morgan fingerprint density at radius 2 is 2.23 bits per heavy atom. The van der Waals surface area contributed by atoms with Gasteiger partial charge in [0.05, 0.1) is 0 Å². The maximum absolute atomic E-state index is 10.3. The molecule has 0 radical (unpaired) electrons. The van der Waals surface area contributed by atoms with E-state index >= 15 is 0 Å². The molecule has 0 aromatic rings. The van der Waals surface area contributed by atoms with Gasteiger partial charge >= 0.3 is 6.09 Å². The summed E-state index contributed by atoms with van der Waals surface area (Å²) < 4.78 is 0. The van der Waals surface area contributed by atoms with Gasteiger partial charge in [0.1, 0.15) is 0 Å². The van der Waals surface area contributed by atoms with Gasteiger partial charge in [0.2, 0.25) is 0 Å². The molecule has 2 rings (SSSR count). The van der Waals surface area contributed by atoms with E-state index in [1.165, 1.54) is 19.3 Å². The van der Waals surface area contributed by atoms with E-state index in [2.05, 4.69) is 10.6 Å². The quantitative estimate of drug-likeness (QED) is 0.590. The summed E-state index contributed by atoms with van der Waals surface area (Å²) in [5.41, 5.74) is 0.494. The van der Waals surface area contributed by atoms with Crippen LogP contribution in [-0.4, -0.2) is 30.8 Å². The summed E-state index contributed by atoms with van der Waals surface area (Å²) in [6, 6.07) is 0. The van der Waals surface area contributed by atoms with E-state index in [0.717, 1.165) is 13.1 Å². The number of amides is 1. The molecule has 1 aliphatic heterocycles. The monoisotopic (exact) mass is 184 g/mol. The van der Waals surface area contributed by atoms with Crippen molar-refractivity contribution in [1.29, 1.82) is 0 Å². The van der Waals surface area contributed by atoms with E-state index < -0.39 is 6.09 Å². The first-order chi connectivity index (χ1) is 6.23. The van der Waals surface area contributed by atoms with E-state index in [1.807, 2.05) is 0 Å². The van der Waals surface area contributed by atoms with Gasteiger partial charge in [0.15, 0.2) is 0 Å². The van der Waals surface area contributed by atoms with Crippen LogP contribution in [-0.2, 0) is 0 Å². The molecule has 1 atom stereocenters. The van der Waals surface area contributed by atoms with Crippen molar-refractivity contribution in [2.45, 2.75) is 19.3 Å². The molecule has 74 valence electrons. The van der Waals surface area contributed by atoms with Crippen molar-refractivity contribution in [2.24, 2.45) is 11.3 Å². The average Bonchev–Trinajstić information content (AvgIpc) is 2.77. The molecule has 0 bridgehead atoms. The number of hydrogen-bond donors (Lipinski definition) is 3. The first-order valence-corrected chi connectivity index (χ1v) is 4.90.